The molecule has 0 bridgehead atoms. The van der Waals surface area contributed by atoms with E-state index < -0.39 is 0 Å². The molecule has 1 heterocycles. The molecule has 0 fully saturated rings. The molecule has 2 nitrogen and oxygen atoms in total. The van der Waals surface area contributed by atoms with Crippen molar-refractivity contribution in [3.63, 3.8) is 0 Å². The minimum atomic E-state index is -0.104. The van der Waals surface area contributed by atoms with Crippen molar-refractivity contribution >= 4 is 5.97 Å². The van der Waals surface area contributed by atoms with Crippen LogP contribution in [0, 0.1) is 0 Å². The molecule has 0 aromatic carbocycles. The molecule has 0 amide bonds. The lowest BCUT2D eigenvalue weighted by molar-refractivity contribution is -0.139. The van der Waals surface area contributed by atoms with Crippen molar-refractivity contribution in [2.75, 3.05) is 0 Å². The zero-order valence-electron chi connectivity index (χ0n) is 9.21. The molecule has 0 saturated carbocycles. The summed E-state index contributed by atoms with van der Waals surface area (Å²) in [6.07, 6.45) is 8.80. The Bertz CT molecular complexity index is 218. The summed E-state index contributed by atoms with van der Waals surface area (Å²) in [5.41, 5.74) is 0.852. The van der Waals surface area contributed by atoms with Gasteiger partial charge in [-0.25, -0.2) is 4.79 Å². The number of hydrogen-bond acceptors (Lipinski definition) is 2. The Balaban J connectivity index is 2.21. The second-order valence-corrected chi connectivity index (χ2v) is 3.84. The Kier molecular flexibility index (Phi) is 4.71. The lowest BCUT2D eigenvalue weighted by Crippen LogP contribution is -2.07. The highest BCUT2D eigenvalue weighted by molar-refractivity contribution is 5.90. The molecule has 2 heteroatoms. The van der Waals surface area contributed by atoms with E-state index in [1.165, 1.54) is 25.7 Å². The Morgan fingerprint density at radius 2 is 2.07 bits per heavy atom. The highest BCUT2D eigenvalue weighted by Crippen LogP contribution is 2.20. The van der Waals surface area contributed by atoms with Crippen LogP contribution in [0.1, 0.15) is 52.4 Å². The second kappa shape index (κ2) is 5.84. The van der Waals surface area contributed by atoms with E-state index in [-0.39, 0.29) is 12.1 Å². The molecule has 14 heavy (non-hydrogen) atoms. The van der Waals surface area contributed by atoms with Crippen molar-refractivity contribution in [2.24, 2.45) is 0 Å². The van der Waals surface area contributed by atoms with E-state index in [1.807, 2.05) is 13.0 Å². The molecule has 1 aliphatic rings. The molecule has 80 valence electrons. The average molecular weight is 196 g/mol. The molecule has 0 saturated heterocycles. The zero-order chi connectivity index (χ0) is 10.4. The summed E-state index contributed by atoms with van der Waals surface area (Å²) in [6, 6.07) is 0. The first-order valence-corrected chi connectivity index (χ1v) is 5.69. The van der Waals surface area contributed by atoms with E-state index in [1.54, 1.807) is 0 Å². The van der Waals surface area contributed by atoms with Gasteiger partial charge in [-0.15, -0.1) is 0 Å². The molecule has 0 aromatic heterocycles. The zero-order valence-corrected chi connectivity index (χ0v) is 9.21. The van der Waals surface area contributed by atoms with Gasteiger partial charge in [0.25, 0.3) is 0 Å². The largest absolute Gasteiger partial charge is 0.455 e. The van der Waals surface area contributed by atoms with Crippen molar-refractivity contribution < 1.29 is 9.53 Å². The van der Waals surface area contributed by atoms with Gasteiger partial charge in [0, 0.05) is 5.57 Å². The number of esters is 1. The average Bonchev–Trinajstić information content (AvgIpc) is 2.54. The van der Waals surface area contributed by atoms with Crippen LogP contribution in [0.25, 0.3) is 0 Å². The fraction of sp³-hybridized carbons (Fsp3) is 0.750. The van der Waals surface area contributed by atoms with Gasteiger partial charge in [0.15, 0.2) is 0 Å². The second-order valence-electron chi connectivity index (χ2n) is 3.84. The SMILES string of the molecule is CCCCCCC1C=C(CC)C(=O)O1. The Morgan fingerprint density at radius 1 is 1.29 bits per heavy atom. The maximum absolute atomic E-state index is 11.2. The predicted molar refractivity (Wildman–Crippen MR) is 57.0 cm³/mol. The summed E-state index contributed by atoms with van der Waals surface area (Å²) in [7, 11) is 0. The van der Waals surface area contributed by atoms with Crippen LogP contribution in [0.5, 0.6) is 0 Å². The highest BCUT2D eigenvalue weighted by Gasteiger charge is 2.23. The van der Waals surface area contributed by atoms with Crippen molar-refractivity contribution in [3.05, 3.63) is 11.6 Å². The number of carbonyl (C=O) groups excluding carboxylic acids is 1. The van der Waals surface area contributed by atoms with Crippen LogP contribution in [-0.4, -0.2) is 12.1 Å². The standard InChI is InChI=1S/C12H20O2/c1-3-5-6-7-8-11-9-10(4-2)12(13)14-11/h9,11H,3-8H2,1-2H3. The molecule has 0 N–H and O–H groups in total. The normalized spacial score (nSPS) is 20.9. The molecule has 1 rings (SSSR count). The van der Waals surface area contributed by atoms with Gasteiger partial charge in [0.2, 0.25) is 0 Å². The van der Waals surface area contributed by atoms with Gasteiger partial charge in [-0.1, -0.05) is 33.1 Å². The monoisotopic (exact) mass is 196 g/mol. The number of cyclic esters (lactones) is 1. The van der Waals surface area contributed by atoms with E-state index in [4.69, 9.17) is 4.74 Å². The number of rotatable bonds is 6. The van der Waals surface area contributed by atoms with Crippen LogP contribution in [0.4, 0.5) is 0 Å². The third-order valence-electron chi connectivity index (χ3n) is 2.63. The van der Waals surface area contributed by atoms with Crippen LogP contribution in [0.3, 0.4) is 0 Å². The number of carbonyl (C=O) groups is 1. The fourth-order valence-corrected chi connectivity index (χ4v) is 1.72. The topological polar surface area (TPSA) is 26.3 Å². The molecule has 0 aromatic rings. The maximum Gasteiger partial charge on any atom is 0.334 e. The lowest BCUT2D eigenvalue weighted by Gasteiger charge is -2.06. The van der Waals surface area contributed by atoms with Crippen LogP contribution in [-0.2, 0) is 9.53 Å². The van der Waals surface area contributed by atoms with Gasteiger partial charge in [-0.2, -0.15) is 0 Å². The lowest BCUT2D eigenvalue weighted by atomic mass is 10.1. The third kappa shape index (κ3) is 3.17. The number of hydrogen-bond donors (Lipinski definition) is 0. The summed E-state index contributed by atoms with van der Waals surface area (Å²) in [5.74, 6) is -0.104. The quantitative estimate of drug-likeness (QED) is 0.481. The van der Waals surface area contributed by atoms with Gasteiger partial charge < -0.3 is 4.74 Å². The van der Waals surface area contributed by atoms with E-state index in [0.29, 0.717) is 0 Å². The molecular weight excluding hydrogens is 176 g/mol. The fourth-order valence-electron chi connectivity index (χ4n) is 1.72. The predicted octanol–water partition coefficient (Wildman–Crippen LogP) is 3.22. The summed E-state index contributed by atoms with van der Waals surface area (Å²) < 4.78 is 5.21. The van der Waals surface area contributed by atoms with Crippen molar-refractivity contribution in [3.8, 4) is 0 Å². The van der Waals surface area contributed by atoms with Crippen LogP contribution in [0.2, 0.25) is 0 Å². The molecule has 1 unspecified atom stereocenters. The van der Waals surface area contributed by atoms with Crippen LogP contribution < -0.4 is 0 Å². The minimum Gasteiger partial charge on any atom is -0.455 e. The molecule has 0 radical (unpaired) electrons. The van der Waals surface area contributed by atoms with Crippen molar-refractivity contribution in [2.45, 2.75) is 58.5 Å². The first-order chi connectivity index (χ1) is 6.77. The van der Waals surface area contributed by atoms with Gasteiger partial charge in [0.05, 0.1) is 0 Å². The van der Waals surface area contributed by atoms with Crippen molar-refractivity contribution in [1.29, 1.82) is 0 Å². The highest BCUT2D eigenvalue weighted by atomic mass is 16.5. The Labute approximate surface area is 86.3 Å². The van der Waals surface area contributed by atoms with E-state index >= 15 is 0 Å². The van der Waals surface area contributed by atoms with E-state index in [2.05, 4.69) is 6.92 Å². The third-order valence-corrected chi connectivity index (χ3v) is 2.63. The Morgan fingerprint density at radius 3 is 2.64 bits per heavy atom. The van der Waals surface area contributed by atoms with Gasteiger partial charge in [-0.3, -0.25) is 0 Å². The summed E-state index contributed by atoms with van der Waals surface area (Å²) in [5, 5.41) is 0. The van der Waals surface area contributed by atoms with Crippen LogP contribution >= 0.6 is 0 Å². The van der Waals surface area contributed by atoms with Gasteiger partial charge in [0.1, 0.15) is 6.10 Å². The first kappa shape index (κ1) is 11.3. The number of unbranched alkanes of at least 4 members (excludes halogenated alkanes) is 3. The summed E-state index contributed by atoms with van der Waals surface area (Å²) in [4.78, 5) is 11.2. The molecule has 1 atom stereocenters. The molecular formula is C12H20O2. The smallest absolute Gasteiger partial charge is 0.334 e. The van der Waals surface area contributed by atoms with Crippen molar-refractivity contribution in [1.82, 2.24) is 0 Å². The molecule has 0 spiro atoms. The van der Waals surface area contributed by atoms with E-state index in [0.717, 1.165) is 18.4 Å². The van der Waals surface area contributed by atoms with Crippen LogP contribution in [0.15, 0.2) is 11.6 Å². The molecule has 0 aliphatic carbocycles. The first-order valence-electron chi connectivity index (χ1n) is 5.69. The maximum atomic E-state index is 11.2. The Hall–Kier alpha value is -0.790. The van der Waals surface area contributed by atoms with Gasteiger partial charge >= 0.3 is 5.97 Å². The summed E-state index contributed by atoms with van der Waals surface area (Å²) >= 11 is 0. The number of ether oxygens (including phenoxy) is 1. The molecule has 1 aliphatic heterocycles. The minimum absolute atomic E-state index is 0.0642. The van der Waals surface area contributed by atoms with Gasteiger partial charge in [-0.05, 0) is 25.3 Å². The van der Waals surface area contributed by atoms with E-state index in [9.17, 15) is 4.79 Å². The summed E-state index contributed by atoms with van der Waals surface area (Å²) in [6.45, 7) is 4.19.